The largest absolute Gasteiger partial charge is 0.497 e. The van der Waals surface area contributed by atoms with Crippen LogP contribution in [0.5, 0.6) is 0 Å². The van der Waals surface area contributed by atoms with Crippen molar-refractivity contribution in [2.75, 3.05) is 39.5 Å². The Kier molecular flexibility index (Phi) is 5.46. The highest BCUT2D eigenvalue weighted by molar-refractivity contribution is 5.28. The summed E-state index contributed by atoms with van der Waals surface area (Å²) in [5, 5.41) is 0. The Morgan fingerprint density at radius 1 is 1.37 bits per heavy atom. The monoisotopic (exact) mass is 265 g/mol. The van der Waals surface area contributed by atoms with Crippen molar-refractivity contribution in [3.63, 3.8) is 0 Å². The molecule has 1 fully saturated rings. The van der Waals surface area contributed by atoms with Crippen LogP contribution >= 0.6 is 0 Å². The van der Waals surface area contributed by atoms with Crippen molar-refractivity contribution in [3.05, 3.63) is 23.5 Å². The highest BCUT2D eigenvalue weighted by Gasteiger charge is 2.15. The van der Waals surface area contributed by atoms with Gasteiger partial charge in [-0.05, 0) is 23.5 Å². The van der Waals surface area contributed by atoms with Gasteiger partial charge in [-0.3, -0.25) is 4.90 Å². The quantitative estimate of drug-likeness (QED) is 0.763. The van der Waals surface area contributed by atoms with Gasteiger partial charge >= 0.3 is 0 Å². The summed E-state index contributed by atoms with van der Waals surface area (Å²) in [6.45, 7) is 12.4. The molecule has 3 nitrogen and oxygen atoms in total. The lowest BCUT2D eigenvalue weighted by Gasteiger charge is -2.27. The standard InChI is InChI=1S/C16H27NO2/c1-13(2)15-10-14(3)11-16(12-15)19-9-6-17-4-7-18-8-5-17/h10,12-14H,4-9,11H2,1-3H3. The first-order valence-corrected chi connectivity index (χ1v) is 7.50. The summed E-state index contributed by atoms with van der Waals surface area (Å²) in [6, 6.07) is 0. The van der Waals surface area contributed by atoms with Crippen LogP contribution in [0.4, 0.5) is 0 Å². The molecular formula is C16H27NO2. The third-order valence-electron chi connectivity index (χ3n) is 3.79. The molecule has 0 aromatic rings. The van der Waals surface area contributed by atoms with Crippen molar-refractivity contribution < 1.29 is 9.47 Å². The number of hydrogen-bond donors (Lipinski definition) is 0. The summed E-state index contributed by atoms with van der Waals surface area (Å²) < 4.78 is 11.3. The zero-order chi connectivity index (χ0) is 13.7. The number of hydrogen-bond acceptors (Lipinski definition) is 3. The average Bonchev–Trinajstić information content (AvgIpc) is 2.39. The molecule has 1 aliphatic carbocycles. The van der Waals surface area contributed by atoms with Crippen LogP contribution in [0.2, 0.25) is 0 Å². The number of allylic oxidation sites excluding steroid dienone is 4. The number of morpholine rings is 1. The summed E-state index contributed by atoms with van der Waals surface area (Å²) in [5.74, 6) is 2.34. The highest BCUT2D eigenvalue weighted by Crippen LogP contribution is 2.27. The van der Waals surface area contributed by atoms with Crippen molar-refractivity contribution in [1.82, 2.24) is 4.90 Å². The van der Waals surface area contributed by atoms with Crippen molar-refractivity contribution in [2.24, 2.45) is 11.8 Å². The van der Waals surface area contributed by atoms with E-state index in [1.54, 1.807) is 0 Å². The second kappa shape index (κ2) is 7.11. The van der Waals surface area contributed by atoms with E-state index in [1.165, 1.54) is 5.57 Å². The molecule has 2 rings (SSSR count). The normalized spacial score (nSPS) is 25.2. The van der Waals surface area contributed by atoms with Gasteiger partial charge in [0.25, 0.3) is 0 Å². The van der Waals surface area contributed by atoms with Gasteiger partial charge in [-0.2, -0.15) is 0 Å². The molecule has 0 bridgehead atoms. The van der Waals surface area contributed by atoms with Crippen LogP contribution in [-0.2, 0) is 9.47 Å². The van der Waals surface area contributed by atoms with Gasteiger partial charge in [-0.25, -0.2) is 0 Å². The number of nitrogens with zero attached hydrogens (tertiary/aromatic N) is 1. The van der Waals surface area contributed by atoms with Gasteiger partial charge in [0.15, 0.2) is 0 Å². The molecule has 1 unspecified atom stereocenters. The topological polar surface area (TPSA) is 21.7 Å². The maximum absolute atomic E-state index is 5.97. The molecule has 0 spiro atoms. The maximum atomic E-state index is 5.97. The number of rotatable bonds is 5. The summed E-state index contributed by atoms with van der Waals surface area (Å²) >= 11 is 0. The lowest BCUT2D eigenvalue weighted by molar-refractivity contribution is 0.0268. The van der Waals surface area contributed by atoms with E-state index in [0.717, 1.165) is 51.6 Å². The average molecular weight is 265 g/mol. The van der Waals surface area contributed by atoms with Gasteiger partial charge in [0.1, 0.15) is 6.61 Å². The second-order valence-electron chi connectivity index (χ2n) is 5.92. The van der Waals surface area contributed by atoms with Crippen LogP contribution in [0.25, 0.3) is 0 Å². The molecule has 108 valence electrons. The Hall–Kier alpha value is -0.800. The van der Waals surface area contributed by atoms with Crippen LogP contribution in [-0.4, -0.2) is 44.4 Å². The molecule has 0 aromatic heterocycles. The third-order valence-corrected chi connectivity index (χ3v) is 3.79. The summed E-state index contributed by atoms with van der Waals surface area (Å²) in [4.78, 5) is 2.41. The fourth-order valence-electron chi connectivity index (χ4n) is 2.59. The van der Waals surface area contributed by atoms with Crippen LogP contribution in [0.15, 0.2) is 23.5 Å². The van der Waals surface area contributed by atoms with Gasteiger partial charge in [-0.15, -0.1) is 0 Å². The van der Waals surface area contributed by atoms with E-state index in [-0.39, 0.29) is 0 Å². The first-order valence-electron chi connectivity index (χ1n) is 7.50. The molecule has 19 heavy (non-hydrogen) atoms. The van der Waals surface area contributed by atoms with E-state index in [1.807, 2.05) is 0 Å². The molecule has 3 heteroatoms. The van der Waals surface area contributed by atoms with E-state index in [4.69, 9.17) is 9.47 Å². The molecule has 0 aromatic carbocycles. The highest BCUT2D eigenvalue weighted by atomic mass is 16.5. The first kappa shape index (κ1) is 14.6. The Labute approximate surface area is 117 Å². The van der Waals surface area contributed by atoms with E-state index in [0.29, 0.717) is 11.8 Å². The van der Waals surface area contributed by atoms with Crippen molar-refractivity contribution >= 4 is 0 Å². The van der Waals surface area contributed by atoms with Gasteiger partial charge in [0.2, 0.25) is 0 Å². The molecule has 0 amide bonds. The van der Waals surface area contributed by atoms with Gasteiger partial charge in [-0.1, -0.05) is 26.8 Å². The van der Waals surface area contributed by atoms with Gasteiger partial charge < -0.3 is 9.47 Å². The lowest BCUT2D eigenvalue weighted by Crippen LogP contribution is -2.38. The Bertz CT molecular complexity index is 341. The Balaban J connectivity index is 1.77. The molecule has 2 aliphatic rings. The fraction of sp³-hybridized carbons (Fsp3) is 0.750. The van der Waals surface area contributed by atoms with Crippen LogP contribution in [0.3, 0.4) is 0 Å². The first-order chi connectivity index (χ1) is 9.15. The number of ether oxygens (including phenoxy) is 2. The lowest BCUT2D eigenvalue weighted by atomic mass is 9.91. The Morgan fingerprint density at radius 2 is 2.11 bits per heavy atom. The third kappa shape index (κ3) is 4.66. The van der Waals surface area contributed by atoms with Crippen LogP contribution in [0.1, 0.15) is 27.2 Å². The molecule has 1 aliphatic heterocycles. The zero-order valence-electron chi connectivity index (χ0n) is 12.5. The molecule has 1 atom stereocenters. The smallest absolute Gasteiger partial charge is 0.100 e. The molecule has 1 heterocycles. The maximum Gasteiger partial charge on any atom is 0.100 e. The van der Waals surface area contributed by atoms with E-state index < -0.39 is 0 Å². The predicted octanol–water partition coefficient (Wildman–Crippen LogP) is 2.84. The van der Waals surface area contributed by atoms with E-state index in [2.05, 4.69) is 37.8 Å². The van der Waals surface area contributed by atoms with Crippen LogP contribution in [0, 0.1) is 11.8 Å². The summed E-state index contributed by atoms with van der Waals surface area (Å²) in [6.07, 6.45) is 5.66. The SMILES string of the molecule is CC1C=C(C(C)C)C=C(OCCN2CCOCC2)C1. The molecule has 1 saturated heterocycles. The molecule has 0 radical (unpaired) electrons. The molecule has 0 N–H and O–H groups in total. The predicted molar refractivity (Wildman–Crippen MR) is 78.0 cm³/mol. The minimum absolute atomic E-state index is 0.584. The Morgan fingerprint density at radius 3 is 2.79 bits per heavy atom. The fourth-order valence-corrected chi connectivity index (χ4v) is 2.59. The van der Waals surface area contributed by atoms with E-state index >= 15 is 0 Å². The minimum Gasteiger partial charge on any atom is -0.497 e. The minimum atomic E-state index is 0.584. The van der Waals surface area contributed by atoms with E-state index in [9.17, 15) is 0 Å². The summed E-state index contributed by atoms with van der Waals surface area (Å²) in [7, 11) is 0. The molecular weight excluding hydrogens is 238 g/mol. The van der Waals surface area contributed by atoms with Gasteiger partial charge in [0, 0.05) is 26.1 Å². The van der Waals surface area contributed by atoms with Crippen molar-refractivity contribution in [1.29, 1.82) is 0 Å². The zero-order valence-corrected chi connectivity index (χ0v) is 12.5. The summed E-state index contributed by atoms with van der Waals surface area (Å²) in [5.41, 5.74) is 1.42. The molecule has 0 saturated carbocycles. The van der Waals surface area contributed by atoms with Crippen LogP contribution < -0.4 is 0 Å². The van der Waals surface area contributed by atoms with Crippen molar-refractivity contribution in [2.45, 2.75) is 27.2 Å². The van der Waals surface area contributed by atoms with Gasteiger partial charge in [0.05, 0.1) is 19.0 Å². The second-order valence-corrected chi connectivity index (χ2v) is 5.92. The van der Waals surface area contributed by atoms with Crippen molar-refractivity contribution in [3.8, 4) is 0 Å².